The molecule has 0 bridgehead atoms. The molecule has 1 saturated carbocycles. The van der Waals surface area contributed by atoms with Crippen LogP contribution in [0.3, 0.4) is 0 Å². The highest BCUT2D eigenvalue weighted by Gasteiger charge is 2.32. The maximum atomic E-state index is 15.4. The Labute approximate surface area is 174 Å². The van der Waals surface area contributed by atoms with Crippen molar-refractivity contribution in [2.75, 3.05) is 38.2 Å². The minimum Gasteiger partial charge on any atom is -0.477 e. The molecular formula is C22H28FN3O4. The normalized spacial score (nSPS) is 19.0. The SMILES string of the molecule is CCNCC1CCN(c2c(F)cc3c(=O)c(C(=O)O)cn(C4CC4)c3c2COC)C1. The number of methoxy groups -OCH3 is 1. The molecule has 2 N–H and O–H groups in total. The van der Waals surface area contributed by atoms with Gasteiger partial charge in [0.25, 0.3) is 0 Å². The van der Waals surface area contributed by atoms with Crippen LogP contribution in [-0.4, -0.2) is 48.9 Å². The summed E-state index contributed by atoms with van der Waals surface area (Å²) in [6.45, 7) is 5.46. The van der Waals surface area contributed by atoms with Crippen molar-refractivity contribution < 1.29 is 19.0 Å². The van der Waals surface area contributed by atoms with E-state index in [1.54, 1.807) is 7.11 Å². The molecule has 7 nitrogen and oxygen atoms in total. The number of rotatable bonds is 8. The van der Waals surface area contributed by atoms with Gasteiger partial charge in [-0.3, -0.25) is 4.79 Å². The van der Waals surface area contributed by atoms with Crippen molar-refractivity contribution in [3.05, 3.63) is 39.4 Å². The van der Waals surface area contributed by atoms with Crippen LogP contribution in [0.15, 0.2) is 17.1 Å². The summed E-state index contributed by atoms with van der Waals surface area (Å²) in [6, 6.07) is 1.34. The Morgan fingerprint density at radius 3 is 2.77 bits per heavy atom. The average molecular weight is 417 g/mol. The summed E-state index contributed by atoms with van der Waals surface area (Å²) >= 11 is 0. The quantitative estimate of drug-likeness (QED) is 0.687. The number of hydrogen-bond acceptors (Lipinski definition) is 5. The Morgan fingerprint density at radius 2 is 2.13 bits per heavy atom. The highest BCUT2D eigenvalue weighted by Crippen LogP contribution is 2.41. The van der Waals surface area contributed by atoms with Crippen LogP contribution in [0.2, 0.25) is 0 Å². The minimum absolute atomic E-state index is 0.110. The van der Waals surface area contributed by atoms with Gasteiger partial charge in [-0.25, -0.2) is 9.18 Å². The Balaban J connectivity index is 1.90. The van der Waals surface area contributed by atoms with Crippen LogP contribution in [0.1, 0.15) is 48.1 Å². The van der Waals surface area contributed by atoms with E-state index >= 15 is 4.39 Å². The molecule has 1 aliphatic carbocycles. The molecule has 1 atom stereocenters. The maximum absolute atomic E-state index is 15.4. The molecular weight excluding hydrogens is 389 g/mol. The first kappa shape index (κ1) is 20.8. The summed E-state index contributed by atoms with van der Waals surface area (Å²) in [5.74, 6) is -1.36. The van der Waals surface area contributed by atoms with E-state index in [1.165, 1.54) is 12.3 Å². The molecule has 162 valence electrons. The molecule has 1 saturated heterocycles. The molecule has 0 radical (unpaired) electrons. The molecule has 30 heavy (non-hydrogen) atoms. The average Bonchev–Trinajstić information content (AvgIpc) is 3.45. The number of carbonyl (C=O) groups is 1. The van der Waals surface area contributed by atoms with Crippen LogP contribution >= 0.6 is 0 Å². The van der Waals surface area contributed by atoms with Crippen molar-refractivity contribution >= 4 is 22.6 Å². The number of hydrogen-bond donors (Lipinski definition) is 2. The largest absolute Gasteiger partial charge is 0.477 e. The van der Waals surface area contributed by atoms with Crippen LogP contribution in [-0.2, 0) is 11.3 Å². The summed E-state index contributed by atoms with van der Waals surface area (Å²) < 4.78 is 22.7. The van der Waals surface area contributed by atoms with Crippen molar-refractivity contribution in [3.8, 4) is 0 Å². The number of aromatic nitrogens is 1. The number of benzene rings is 1. The standard InChI is InChI=1S/C22H28FN3O4/c1-3-24-9-13-6-7-25(10-13)20-17(12-30-2)19-15(8-18(20)23)21(27)16(22(28)29)11-26(19)14-4-5-14/h8,11,13-14,24H,3-7,9-10,12H2,1-2H3,(H,28,29). The fourth-order valence-corrected chi connectivity index (χ4v) is 4.52. The lowest BCUT2D eigenvalue weighted by Gasteiger charge is -2.25. The van der Waals surface area contributed by atoms with Crippen molar-refractivity contribution in [1.82, 2.24) is 9.88 Å². The van der Waals surface area contributed by atoms with Gasteiger partial charge in [-0.05, 0) is 44.3 Å². The molecule has 8 heteroatoms. The van der Waals surface area contributed by atoms with Gasteiger partial charge >= 0.3 is 5.97 Å². The molecule has 1 unspecified atom stereocenters. The zero-order valence-electron chi connectivity index (χ0n) is 17.4. The fourth-order valence-electron chi connectivity index (χ4n) is 4.52. The first-order chi connectivity index (χ1) is 14.5. The second-order valence-electron chi connectivity index (χ2n) is 8.24. The van der Waals surface area contributed by atoms with E-state index in [-0.39, 0.29) is 23.6 Å². The van der Waals surface area contributed by atoms with Crippen molar-refractivity contribution in [3.63, 3.8) is 0 Å². The summed E-state index contributed by atoms with van der Waals surface area (Å²) in [4.78, 5) is 26.5. The number of aromatic carboxylic acids is 1. The van der Waals surface area contributed by atoms with Gasteiger partial charge in [0.1, 0.15) is 11.4 Å². The van der Waals surface area contributed by atoms with Gasteiger partial charge in [-0.15, -0.1) is 0 Å². The van der Waals surface area contributed by atoms with E-state index in [0.717, 1.165) is 45.4 Å². The lowest BCUT2D eigenvalue weighted by atomic mass is 10.0. The molecule has 1 aromatic heterocycles. The fraction of sp³-hybridized carbons (Fsp3) is 0.545. The zero-order chi connectivity index (χ0) is 21.4. The lowest BCUT2D eigenvalue weighted by Crippen LogP contribution is -2.28. The van der Waals surface area contributed by atoms with Gasteiger partial charge in [-0.2, -0.15) is 0 Å². The monoisotopic (exact) mass is 417 g/mol. The van der Waals surface area contributed by atoms with Crippen molar-refractivity contribution in [2.45, 2.75) is 38.8 Å². The topological polar surface area (TPSA) is 83.8 Å². The van der Waals surface area contributed by atoms with Crippen LogP contribution in [0.4, 0.5) is 10.1 Å². The van der Waals surface area contributed by atoms with Gasteiger partial charge in [0.15, 0.2) is 0 Å². The second kappa shape index (κ2) is 8.35. The predicted octanol–water partition coefficient (Wildman–Crippen LogP) is 2.76. The number of carboxylic acid groups (broad SMARTS) is 1. The van der Waals surface area contributed by atoms with Crippen molar-refractivity contribution in [2.24, 2.45) is 5.92 Å². The van der Waals surface area contributed by atoms with Gasteiger partial charge < -0.3 is 24.6 Å². The number of anilines is 1. The van der Waals surface area contributed by atoms with E-state index in [1.807, 2.05) is 9.47 Å². The maximum Gasteiger partial charge on any atom is 0.341 e. The van der Waals surface area contributed by atoms with Crippen LogP contribution < -0.4 is 15.6 Å². The number of nitrogens with zero attached hydrogens (tertiary/aromatic N) is 2. The van der Waals surface area contributed by atoms with Crippen LogP contribution in [0.25, 0.3) is 10.9 Å². The highest BCUT2D eigenvalue weighted by atomic mass is 19.1. The molecule has 0 amide bonds. The molecule has 2 aliphatic rings. The third kappa shape index (κ3) is 3.70. The number of nitrogens with one attached hydrogen (secondary N) is 1. The smallest absolute Gasteiger partial charge is 0.341 e. The Kier molecular flexibility index (Phi) is 5.79. The van der Waals surface area contributed by atoms with E-state index in [2.05, 4.69) is 12.2 Å². The third-order valence-corrected chi connectivity index (χ3v) is 6.08. The van der Waals surface area contributed by atoms with Crippen molar-refractivity contribution in [1.29, 1.82) is 0 Å². The molecule has 1 aromatic carbocycles. The number of carboxylic acids is 1. The highest BCUT2D eigenvalue weighted by molar-refractivity contribution is 5.95. The summed E-state index contributed by atoms with van der Waals surface area (Å²) in [5, 5.41) is 12.9. The first-order valence-corrected chi connectivity index (χ1v) is 10.5. The lowest BCUT2D eigenvalue weighted by molar-refractivity contribution is 0.0695. The summed E-state index contributed by atoms with van der Waals surface area (Å²) in [7, 11) is 1.55. The third-order valence-electron chi connectivity index (χ3n) is 6.08. The van der Waals surface area contributed by atoms with E-state index < -0.39 is 17.2 Å². The van der Waals surface area contributed by atoms with Crippen LogP contribution in [0.5, 0.6) is 0 Å². The minimum atomic E-state index is -1.29. The number of pyridine rings is 1. The van der Waals surface area contributed by atoms with Gasteiger partial charge in [0.05, 0.1) is 17.8 Å². The summed E-state index contributed by atoms with van der Waals surface area (Å²) in [5.41, 5.74) is 0.721. The van der Waals surface area contributed by atoms with E-state index in [4.69, 9.17) is 4.74 Å². The molecule has 2 heterocycles. The first-order valence-electron chi connectivity index (χ1n) is 10.5. The van der Waals surface area contributed by atoms with E-state index in [0.29, 0.717) is 22.7 Å². The Bertz CT molecular complexity index is 1030. The van der Waals surface area contributed by atoms with Crippen LogP contribution in [0, 0.1) is 11.7 Å². The molecule has 0 spiro atoms. The van der Waals surface area contributed by atoms with Gasteiger partial charge in [0, 0.05) is 43.4 Å². The number of halogens is 1. The Hall–Kier alpha value is -2.45. The second-order valence-corrected chi connectivity index (χ2v) is 8.24. The zero-order valence-corrected chi connectivity index (χ0v) is 17.4. The summed E-state index contributed by atoms with van der Waals surface area (Å²) in [6.07, 6.45) is 4.20. The predicted molar refractivity (Wildman–Crippen MR) is 113 cm³/mol. The van der Waals surface area contributed by atoms with Gasteiger partial charge in [0.2, 0.25) is 5.43 Å². The molecule has 2 aromatic rings. The molecule has 2 fully saturated rings. The molecule has 4 rings (SSSR count). The number of fused-ring (bicyclic) bond motifs is 1. The Morgan fingerprint density at radius 1 is 1.37 bits per heavy atom. The molecule has 1 aliphatic heterocycles. The van der Waals surface area contributed by atoms with Gasteiger partial charge in [-0.1, -0.05) is 6.92 Å². The van der Waals surface area contributed by atoms with E-state index in [9.17, 15) is 14.7 Å². The number of ether oxygens (including phenoxy) is 1.